The minimum atomic E-state index is 1.05. The summed E-state index contributed by atoms with van der Waals surface area (Å²) < 4.78 is 0. The first-order valence-electron chi connectivity index (χ1n) is 3.77. The van der Waals surface area contributed by atoms with Crippen LogP contribution in [0.2, 0.25) is 0 Å². The van der Waals surface area contributed by atoms with Crippen molar-refractivity contribution in [1.29, 1.82) is 0 Å². The predicted molar refractivity (Wildman–Crippen MR) is 52.9 cm³/mol. The Kier molecular flexibility index (Phi) is 1.82. The highest BCUT2D eigenvalue weighted by Gasteiger charge is 2.04. The van der Waals surface area contributed by atoms with Gasteiger partial charge in [0, 0.05) is 5.33 Å². The van der Waals surface area contributed by atoms with Crippen LogP contribution in [-0.2, 0) is 6.42 Å². The van der Waals surface area contributed by atoms with E-state index in [-0.39, 0.29) is 0 Å². The van der Waals surface area contributed by atoms with Crippen molar-refractivity contribution in [2.24, 2.45) is 0 Å². The Morgan fingerprint density at radius 1 is 1.09 bits per heavy atom. The zero-order valence-electron chi connectivity index (χ0n) is 6.18. The molecule has 1 heteroatoms. The summed E-state index contributed by atoms with van der Waals surface area (Å²) in [6, 6.07) is 6.65. The van der Waals surface area contributed by atoms with Crippen LogP contribution in [0.3, 0.4) is 0 Å². The van der Waals surface area contributed by atoms with Gasteiger partial charge in [0.1, 0.15) is 0 Å². The van der Waals surface area contributed by atoms with Gasteiger partial charge in [0.15, 0.2) is 0 Å². The first-order valence-corrected chi connectivity index (χ1v) is 4.89. The Morgan fingerprint density at radius 3 is 2.45 bits per heavy atom. The molecule has 0 atom stereocenters. The maximum atomic E-state index is 3.43. The maximum absolute atomic E-state index is 3.43. The fourth-order valence-electron chi connectivity index (χ4n) is 1.27. The summed E-state index contributed by atoms with van der Waals surface area (Å²) in [5.41, 5.74) is 4.19. The number of halogens is 1. The van der Waals surface area contributed by atoms with Crippen molar-refractivity contribution >= 4 is 28.1 Å². The number of aryl methyl sites for hydroxylation is 1. The summed E-state index contributed by atoms with van der Waals surface area (Å²) in [4.78, 5) is 0. The van der Waals surface area contributed by atoms with Crippen molar-refractivity contribution in [2.45, 2.75) is 6.42 Å². The fourth-order valence-corrected chi connectivity index (χ4v) is 1.73. The van der Waals surface area contributed by atoms with Crippen LogP contribution >= 0.6 is 15.9 Å². The third-order valence-electron chi connectivity index (χ3n) is 1.98. The lowest BCUT2D eigenvalue weighted by molar-refractivity contribution is 1.16. The molecule has 0 aliphatic heterocycles. The van der Waals surface area contributed by atoms with Gasteiger partial charge in [-0.05, 0) is 23.1 Å². The average Bonchev–Trinajstić information content (AvgIpc) is 1.96. The molecule has 0 nitrogen and oxygen atoms in total. The van der Waals surface area contributed by atoms with Crippen LogP contribution in [0.4, 0.5) is 0 Å². The van der Waals surface area contributed by atoms with Gasteiger partial charge in [-0.25, -0.2) is 0 Å². The Bertz CT molecular complexity index is 300. The third kappa shape index (κ3) is 1.25. The molecule has 1 aromatic rings. The van der Waals surface area contributed by atoms with E-state index in [0.717, 1.165) is 11.8 Å². The maximum Gasteiger partial charge on any atom is 0.00718 e. The fraction of sp³-hybridized carbons (Fsp3) is 0.200. The van der Waals surface area contributed by atoms with E-state index in [0.29, 0.717) is 0 Å². The van der Waals surface area contributed by atoms with Crippen LogP contribution in [0.25, 0.3) is 12.2 Å². The van der Waals surface area contributed by atoms with Gasteiger partial charge in [-0.1, -0.05) is 46.3 Å². The van der Waals surface area contributed by atoms with E-state index in [1.165, 1.54) is 16.7 Å². The largest absolute Gasteiger partial charge is 0.0924 e. The molecular formula is C10H9Br. The van der Waals surface area contributed by atoms with Crippen LogP contribution < -0.4 is 0 Å². The van der Waals surface area contributed by atoms with Gasteiger partial charge in [-0.3, -0.25) is 0 Å². The van der Waals surface area contributed by atoms with Gasteiger partial charge in [0.2, 0.25) is 0 Å². The second-order valence-electron chi connectivity index (χ2n) is 2.74. The first-order chi connectivity index (χ1) is 5.40. The lowest BCUT2D eigenvalue weighted by atomic mass is 9.95. The number of hydrogen-bond acceptors (Lipinski definition) is 0. The molecule has 0 amide bonds. The summed E-state index contributed by atoms with van der Waals surface area (Å²) in [7, 11) is 0. The summed E-state index contributed by atoms with van der Waals surface area (Å²) in [6.07, 6.45) is 5.43. The molecular weight excluding hydrogens is 200 g/mol. The van der Waals surface area contributed by atoms with Crippen LogP contribution in [0.1, 0.15) is 16.7 Å². The second kappa shape index (κ2) is 2.82. The predicted octanol–water partition coefficient (Wildman–Crippen LogP) is 3.11. The molecule has 0 saturated carbocycles. The molecule has 0 aromatic heterocycles. The molecule has 11 heavy (non-hydrogen) atoms. The van der Waals surface area contributed by atoms with E-state index in [9.17, 15) is 0 Å². The highest BCUT2D eigenvalue weighted by atomic mass is 79.9. The Labute approximate surface area is 75.1 Å². The summed E-state index contributed by atoms with van der Waals surface area (Å²) >= 11 is 3.43. The molecule has 56 valence electrons. The molecule has 0 spiro atoms. The van der Waals surface area contributed by atoms with E-state index in [2.05, 4.69) is 46.3 Å². The van der Waals surface area contributed by atoms with Gasteiger partial charge < -0.3 is 0 Å². The molecule has 1 aliphatic carbocycles. The molecule has 0 unspecified atom stereocenters. The average molecular weight is 209 g/mol. The van der Waals surface area contributed by atoms with E-state index in [1.807, 2.05) is 0 Å². The second-order valence-corrected chi connectivity index (χ2v) is 3.53. The van der Waals surface area contributed by atoms with Gasteiger partial charge in [-0.15, -0.1) is 0 Å². The van der Waals surface area contributed by atoms with Gasteiger partial charge >= 0.3 is 0 Å². The van der Waals surface area contributed by atoms with Crippen LogP contribution in [0.5, 0.6) is 0 Å². The normalized spacial score (nSPS) is 12.5. The van der Waals surface area contributed by atoms with Crippen molar-refractivity contribution in [1.82, 2.24) is 0 Å². The van der Waals surface area contributed by atoms with Crippen molar-refractivity contribution in [3.63, 3.8) is 0 Å². The standard InChI is InChI=1S/C10H9Br/c11-6-5-8-1-2-9-3-4-10(9)7-8/h1-4,7H,5-6H2. The van der Waals surface area contributed by atoms with Crippen molar-refractivity contribution in [3.8, 4) is 0 Å². The minimum Gasteiger partial charge on any atom is -0.0924 e. The quantitative estimate of drug-likeness (QED) is 0.666. The highest BCUT2D eigenvalue weighted by Crippen LogP contribution is 2.24. The number of benzene rings is 1. The smallest absolute Gasteiger partial charge is 0.00718 e. The van der Waals surface area contributed by atoms with Crippen molar-refractivity contribution in [3.05, 3.63) is 34.9 Å². The molecule has 0 saturated heterocycles. The third-order valence-corrected chi connectivity index (χ3v) is 2.37. The number of fused-ring (bicyclic) bond motifs is 1. The lowest BCUT2D eigenvalue weighted by Gasteiger charge is -2.10. The molecule has 0 radical (unpaired) electrons. The molecule has 0 N–H and O–H groups in total. The molecule has 0 fully saturated rings. The minimum absolute atomic E-state index is 1.05. The zero-order chi connectivity index (χ0) is 7.68. The number of rotatable bonds is 2. The highest BCUT2D eigenvalue weighted by molar-refractivity contribution is 9.09. The summed E-state index contributed by atoms with van der Waals surface area (Å²) in [6.45, 7) is 0. The van der Waals surface area contributed by atoms with E-state index in [1.54, 1.807) is 0 Å². The van der Waals surface area contributed by atoms with E-state index >= 15 is 0 Å². The van der Waals surface area contributed by atoms with Crippen LogP contribution in [-0.4, -0.2) is 5.33 Å². The SMILES string of the molecule is BrCCc1ccc2c(c1)C=C2. The van der Waals surface area contributed by atoms with Gasteiger partial charge in [0.25, 0.3) is 0 Å². The monoisotopic (exact) mass is 208 g/mol. The van der Waals surface area contributed by atoms with E-state index in [4.69, 9.17) is 0 Å². The Balaban J connectivity index is 2.27. The molecule has 1 aromatic carbocycles. The summed E-state index contributed by atoms with van der Waals surface area (Å²) in [5.74, 6) is 0. The topological polar surface area (TPSA) is 0 Å². The van der Waals surface area contributed by atoms with Crippen molar-refractivity contribution < 1.29 is 0 Å². The molecule has 1 aliphatic rings. The van der Waals surface area contributed by atoms with Gasteiger partial charge in [-0.2, -0.15) is 0 Å². The molecule has 0 bridgehead atoms. The Morgan fingerprint density at radius 2 is 1.91 bits per heavy atom. The Hall–Kier alpha value is -0.560. The molecule has 2 rings (SSSR count). The van der Waals surface area contributed by atoms with Crippen LogP contribution in [0.15, 0.2) is 18.2 Å². The zero-order valence-corrected chi connectivity index (χ0v) is 7.76. The lowest BCUT2D eigenvalue weighted by Crippen LogP contribution is -1.93. The van der Waals surface area contributed by atoms with E-state index < -0.39 is 0 Å². The number of alkyl halides is 1. The molecule has 0 heterocycles. The first kappa shape index (κ1) is 7.11. The summed E-state index contributed by atoms with van der Waals surface area (Å²) in [5, 5.41) is 1.05. The van der Waals surface area contributed by atoms with Crippen molar-refractivity contribution in [2.75, 3.05) is 5.33 Å². The van der Waals surface area contributed by atoms with Gasteiger partial charge in [0.05, 0.1) is 0 Å². The van der Waals surface area contributed by atoms with Crippen LogP contribution in [0, 0.1) is 0 Å². The number of hydrogen-bond donors (Lipinski definition) is 0.